The lowest BCUT2D eigenvalue weighted by molar-refractivity contribution is -0.137. The summed E-state index contributed by atoms with van der Waals surface area (Å²) < 4.78 is 76.1. The van der Waals surface area contributed by atoms with Gasteiger partial charge in [-0.3, -0.25) is 0 Å². The summed E-state index contributed by atoms with van der Waals surface area (Å²) in [5.74, 6) is 4.76. The fourth-order valence-corrected chi connectivity index (χ4v) is 2.64. The van der Waals surface area contributed by atoms with Crippen molar-refractivity contribution in [2.24, 2.45) is 0 Å². The standard InChI is InChI=1S/C16H11F4NO2S/c17-14-7-3-12(4-8-14)2-1-11-21-24(22,23)15-9-5-13(6-10-15)16(18,19)20/h3-10,21H,11H2. The molecule has 0 amide bonds. The van der Waals surface area contributed by atoms with Gasteiger partial charge in [-0.25, -0.2) is 12.8 Å². The molecule has 0 saturated carbocycles. The number of nitrogens with one attached hydrogen (secondary N) is 1. The molecular weight excluding hydrogens is 346 g/mol. The van der Waals surface area contributed by atoms with E-state index in [0.29, 0.717) is 17.7 Å². The third kappa shape index (κ3) is 4.81. The van der Waals surface area contributed by atoms with Gasteiger partial charge in [0.15, 0.2) is 0 Å². The van der Waals surface area contributed by atoms with Gasteiger partial charge in [-0.2, -0.15) is 17.9 Å². The third-order valence-electron chi connectivity index (χ3n) is 2.92. The Morgan fingerprint density at radius 3 is 2.08 bits per heavy atom. The van der Waals surface area contributed by atoms with E-state index in [1.54, 1.807) is 0 Å². The van der Waals surface area contributed by atoms with E-state index in [1.807, 2.05) is 0 Å². The van der Waals surface area contributed by atoms with E-state index < -0.39 is 27.6 Å². The molecule has 0 aliphatic rings. The predicted octanol–water partition coefficient (Wildman–Crippen LogP) is 3.17. The van der Waals surface area contributed by atoms with Crippen LogP contribution in [0.1, 0.15) is 11.1 Å². The second-order valence-electron chi connectivity index (χ2n) is 4.66. The van der Waals surface area contributed by atoms with Gasteiger partial charge >= 0.3 is 6.18 Å². The summed E-state index contributed by atoms with van der Waals surface area (Å²) in [6.45, 7) is -0.235. The number of hydrogen-bond acceptors (Lipinski definition) is 2. The zero-order chi connectivity index (χ0) is 17.8. The van der Waals surface area contributed by atoms with E-state index in [4.69, 9.17) is 0 Å². The number of benzene rings is 2. The van der Waals surface area contributed by atoms with E-state index in [9.17, 15) is 26.0 Å². The third-order valence-corrected chi connectivity index (χ3v) is 4.34. The number of rotatable bonds is 3. The lowest BCUT2D eigenvalue weighted by Gasteiger charge is -2.08. The van der Waals surface area contributed by atoms with Gasteiger partial charge in [-0.05, 0) is 48.5 Å². The minimum Gasteiger partial charge on any atom is -0.207 e. The van der Waals surface area contributed by atoms with Crippen molar-refractivity contribution in [1.82, 2.24) is 4.72 Å². The van der Waals surface area contributed by atoms with Gasteiger partial charge in [0.2, 0.25) is 10.0 Å². The summed E-state index contributed by atoms with van der Waals surface area (Å²) in [6.07, 6.45) is -4.53. The quantitative estimate of drug-likeness (QED) is 0.678. The van der Waals surface area contributed by atoms with E-state index >= 15 is 0 Å². The molecule has 0 bridgehead atoms. The van der Waals surface area contributed by atoms with Gasteiger partial charge in [0.25, 0.3) is 0 Å². The first-order valence-corrected chi connectivity index (χ1v) is 8.08. The summed E-state index contributed by atoms with van der Waals surface area (Å²) >= 11 is 0. The zero-order valence-electron chi connectivity index (χ0n) is 12.1. The molecule has 0 saturated heterocycles. The van der Waals surface area contributed by atoms with Gasteiger partial charge in [0, 0.05) is 5.56 Å². The fourth-order valence-electron chi connectivity index (χ4n) is 1.72. The number of halogens is 4. The van der Waals surface area contributed by atoms with Crippen molar-refractivity contribution < 1.29 is 26.0 Å². The predicted molar refractivity (Wildman–Crippen MR) is 79.9 cm³/mol. The SMILES string of the molecule is O=S(=O)(NCC#Cc1ccc(F)cc1)c1ccc(C(F)(F)F)cc1. The van der Waals surface area contributed by atoms with Crippen LogP contribution in [0.3, 0.4) is 0 Å². The Bertz CT molecular complexity index is 862. The van der Waals surface area contributed by atoms with Crippen LogP contribution in [-0.4, -0.2) is 15.0 Å². The summed E-state index contributed by atoms with van der Waals surface area (Å²) in [7, 11) is -3.96. The number of sulfonamides is 1. The van der Waals surface area contributed by atoms with Crippen molar-refractivity contribution >= 4 is 10.0 Å². The largest absolute Gasteiger partial charge is 0.416 e. The van der Waals surface area contributed by atoms with E-state index in [-0.39, 0.29) is 11.4 Å². The zero-order valence-corrected chi connectivity index (χ0v) is 12.9. The number of hydrogen-bond donors (Lipinski definition) is 1. The lowest BCUT2D eigenvalue weighted by Crippen LogP contribution is -2.24. The Kier molecular flexibility index (Phi) is 5.26. The van der Waals surface area contributed by atoms with Crippen LogP contribution in [0.25, 0.3) is 0 Å². The molecule has 3 nitrogen and oxygen atoms in total. The van der Waals surface area contributed by atoms with Crippen LogP contribution in [-0.2, 0) is 16.2 Å². The maximum Gasteiger partial charge on any atom is 0.416 e. The van der Waals surface area contributed by atoms with Crippen LogP contribution in [0.15, 0.2) is 53.4 Å². The molecule has 2 rings (SSSR count). The normalized spacial score (nSPS) is 11.7. The molecule has 0 atom stereocenters. The molecule has 0 aromatic heterocycles. The highest BCUT2D eigenvalue weighted by Gasteiger charge is 2.30. The monoisotopic (exact) mass is 357 g/mol. The Morgan fingerprint density at radius 1 is 0.958 bits per heavy atom. The molecule has 0 heterocycles. The summed E-state index contributed by atoms with van der Waals surface area (Å²) in [5, 5.41) is 0. The van der Waals surface area contributed by atoms with Crippen LogP contribution >= 0.6 is 0 Å². The van der Waals surface area contributed by atoms with Crippen LogP contribution < -0.4 is 4.72 Å². The molecule has 0 aliphatic heterocycles. The highest BCUT2D eigenvalue weighted by Crippen LogP contribution is 2.29. The van der Waals surface area contributed by atoms with Crippen LogP contribution in [0.5, 0.6) is 0 Å². The highest BCUT2D eigenvalue weighted by molar-refractivity contribution is 7.89. The van der Waals surface area contributed by atoms with Crippen molar-refractivity contribution in [1.29, 1.82) is 0 Å². The smallest absolute Gasteiger partial charge is 0.207 e. The minimum atomic E-state index is -4.53. The van der Waals surface area contributed by atoms with E-state index in [0.717, 1.165) is 12.1 Å². The first kappa shape index (κ1) is 18.0. The maximum atomic E-state index is 12.7. The molecule has 24 heavy (non-hydrogen) atoms. The first-order chi connectivity index (χ1) is 11.2. The minimum absolute atomic E-state index is 0.235. The maximum absolute atomic E-state index is 12.7. The van der Waals surface area contributed by atoms with Gasteiger partial charge in [0.05, 0.1) is 17.0 Å². The van der Waals surface area contributed by atoms with Crippen LogP contribution in [0, 0.1) is 17.7 Å². The molecule has 126 valence electrons. The van der Waals surface area contributed by atoms with Gasteiger partial charge in [-0.15, -0.1) is 0 Å². The van der Waals surface area contributed by atoms with Gasteiger partial charge in [0.1, 0.15) is 5.82 Å². The summed E-state index contributed by atoms with van der Waals surface area (Å²) in [6, 6.07) is 8.45. The molecule has 0 unspecified atom stereocenters. The molecule has 2 aromatic rings. The topological polar surface area (TPSA) is 46.2 Å². The molecular formula is C16H11F4NO2S. The highest BCUT2D eigenvalue weighted by atomic mass is 32.2. The van der Waals surface area contributed by atoms with Crippen molar-refractivity contribution in [3.05, 3.63) is 65.5 Å². The average Bonchev–Trinajstić information content (AvgIpc) is 2.52. The second kappa shape index (κ2) is 7.03. The van der Waals surface area contributed by atoms with Crippen molar-refractivity contribution in [3.63, 3.8) is 0 Å². The Hall–Kier alpha value is -2.37. The second-order valence-corrected chi connectivity index (χ2v) is 6.42. The van der Waals surface area contributed by atoms with Crippen molar-refractivity contribution in [3.8, 4) is 11.8 Å². The first-order valence-electron chi connectivity index (χ1n) is 6.60. The fraction of sp³-hybridized carbons (Fsp3) is 0.125. The van der Waals surface area contributed by atoms with E-state index in [2.05, 4.69) is 16.6 Å². The molecule has 1 N–H and O–H groups in total. The van der Waals surface area contributed by atoms with Crippen LogP contribution in [0.4, 0.5) is 17.6 Å². The summed E-state index contributed by atoms with van der Waals surface area (Å²) in [5.41, 5.74) is -0.428. The molecule has 2 aromatic carbocycles. The van der Waals surface area contributed by atoms with Gasteiger partial charge in [-0.1, -0.05) is 11.8 Å². The number of alkyl halides is 3. The van der Waals surface area contributed by atoms with Gasteiger partial charge < -0.3 is 0 Å². The van der Waals surface area contributed by atoms with Crippen LogP contribution in [0.2, 0.25) is 0 Å². The molecule has 0 fully saturated rings. The average molecular weight is 357 g/mol. The van der Waals surface area contributed by atoms with Crippen molar-refractivity contribution in [2.75, 3.05) is 6.54 Å². The Labute approximate surface area is 136 Å². The molecule has 8 heteroatoms. The Balaban J connectivity index is 2.03. The molecule has 0 aliphatic carbocycles. The summed E-state index contributed by atoms with van der Waals surface area (Å²) in [4.78, 5) is -0.293. The van der Waals surface area contributed by atoms with E-state index in [1.165, 1.54) is 24.3 Å². The lowest BCUT2D eigenvalue weighted by atomic mass is 10.2. The molecule has 0 radical (unpaired) electrons. The Morgan fingerprint density at radius 2 is 1.54 bits per heavy atom. The van der Waals surface area contributed by atoms with Crippen molar-refractivity contribution in [2.45, 2.75) is 11.1 Å². The molecule has 0 spiro atoms.